The maximum absolute atomic E-state index is 12.6. The van der Waals surface area contributed by atoms with E-state index in [0.717, 1.165) is 38.5 Å². The van der Waals surface area contributed by atoms with Gasteiger partial charge in [0.25, 0.3) is 0 Å². The van der Waals surface area contributed by atoms with Crippen LogP contribution in [0.1, 0.15) is 72.1 Å². The molecule has 22 heavy (non-hydrogen) atoms. The van der Waals surface area contributed by atoms with Crippen LogP contribution >= 0.6 is 11.8 Å². The molecule has 128 valence electrons. The summed E-state index contributed by atoms with van der Waals surface area (Å²) in [5.41, 5.74) is 0. The van der Waals surface area contributed by atoms with E-state index in [9.17, 15) is 9.59 Å². The molecular formula is C17H31NO3S. The molecule has 2 unspecified atom stereocenters. The number of ether oxygens (including phenoxy) is 1. The summed E-state index contributed by atoms with van der Waals surface area (Å²) in [6.45, 7) is 6.70. The zero-order valence-corrected chi connectivity index (χ0v) is 15.1. The van der Waals surface area contributed by atoms with Gasteiger partial charge in [0.15, 0.2) is 0 Å². The Hall–Kier alpha value is -0.710. The SMILES string of the molecule is CCCCCCC(=O)N1C(CCC)SCC1C(=O)OCCC. The van der Waals surface area contributed by atoms with E-state index in [1.165, 1.54) is 6.42 Å². The molecule has 1 aliphatic heterocycles. The van der Waals surface area contributed by atoms with Crippen LogP contribution in [0.25, 0.3) is 0 Å². The fourth-order valence-electron chi connectivity index (χ4n) is 2.68. The minimum atomic E-state index is -0.383. The summed E-state index contributed by atoms with van der Waals surface area (Å²) >= 11 is 1.72. The maximum Gasteiger partial charge on any atom is 0.329 e. The zero-order chi connectivity index (χ0) is 16.4. The molecule has 0 bridgehead atoms. The van der Waals surface area contributed by atoms with Crippen LogP contribution in [0.15, 0.2) is 0 Å². The van der Waals surface area contributed by atoms with E-state index in [1.54, 1.807) is 11.8 Å². The first-order valence-electron chi connectivity index (χ1n) is 8.75. The zero-order valence-electron chi connectivity index (χ0n) is 14.3. The van der Waals surface area contributed by atoms with E-state index in [1.807, 2.05) is 11.8 Å². The number of unbranched alkanes of at least 4 members (excludes halogenated alkanes) is 3. The third-order valence-corrected chi connectivity index (χ3v) is 5.24. The fraction of sp³-hybridized carbons (Fsp3) is 0.882. The van der Waals surface area contributed by atoms with Crippen molar-refractivity contribution in [3.8, 4) is 0 Å². The number of amides is 1. The van der Waals surface area contributed by atoms with Crippen molar-refractivity contribution in [1.82, 2.24) is 4.90 Å². The Morgan fingerprint density at radius 3 is 2.50 bits per heavy atom. The Labute approximate surface area is 139 Å². The van der Waals surface area contributed by atoms with Crippen molar-refractivity contribution < 1.29 is 14.3 Å². The minimum Gasteiger partial charge on any atom is -0.464 e. The summed E-state index contributed by atoms with van der Waals surface area (Å²) in [7, 11) is 0. The summed E-state index contributed by atoms with van der Waals surface area (Å²) in [6, 6.07) is -0.383. The van der Waals surface area contributed by atoms with Gasteiger partial charge in [-0.25, -0.2) is 4.79 Å². The lowest BCUT2D eigenvalue weighted by Crippen LogP contribution is -2.46. The van der Waals surface area contributed by atoms with Gasteiger partial charge < -0.3 is 9.64 Å². The fourth-order valence-corrected chi connectivity index (χ4v) is 4.21. The molecule has 1 saturated heterocycles. The van der Waals surface area contributed by atoms with Crippen LogP contribution in [0.5, 0.6) is 0 Å². The van der Waals surface area contributed by atoms with Crippen LogP contribution < -0.4 is 0 Å². The topological polar surface area (TPSA) is 46.6 Å². The van der Waals surface area contributed by atoms with E-state index in [-0.39, 0.29) is 23.3 Å². The molecule has 0 aromatic rings. The molecule has 1 amide bonds. The van der Waals surface area contributed by atoms with Gasteiger partial charge in [0.05, 0.1) is 12.0 Å². The third kappa shape index (κ3) is 5.82. The average Bonchev–Trinajstić information content (AvgIpc) is 2.93. The van der Waals surface area contributed by atoms with E-state index >= 15 is 0 Å². The summed E-state index contributed by atoms with van der Waals surface area (Å²) in [6.07, 6.45) is 7.68. The summed E-state index contributed by atoms with van der Waals surface area (Å²) < 4.78 is 5.28. The molecule has 0 aliphatic carbocycles. The van der Waals surface area contributed by atoms with Crippen molar-refractivity contribution in [3.63, 3.8) is 0 Å². The van der Waals surface area contributed by atoms with Crippen LogP contribution in [0, 0.1) is 0 Å². The van der Waals surface area contributed by atoms with Gasteiger partial charge in [0.2, 0.25) is 5.91 Å². The smallest absolute Gasteiger partial charge is 0.329 e. The number of hydrogen-bond donors (Lipinski definition) is 0. The highest BCUT2D eigenvalue weighted by atomic mass is 32.2. The molecule has 0 radical (unpaired) electrons. The first-order valence-corrected chi connectivity index (χ1v) is 9.79. The van der Waals surface area contributed by atoms with E-state index < -0.39 is 0 Å². The van der Waals surface area contributed by atoms with Crippen molar-refractivity contribution in [2.45, 2.75) is 83.6 Å². The standard InChI is InChI=1S/C17H31NO3S/c1-4-7-8-9-11-15(19)18-14(17(20)21-12-6-3)13-22-16(18)10-5-2/h14,16H,4-13H2,1-3H3. The van der Waals surface area contributed by atoms with Gasteiger partial charge in [0, 0.05) is 12.2 Å². The predicted octanol–water partition coefficient (Wildman–Crippen LogP) is 3.98. The molecule has 4 nitrogen and oxygen atoms in total. The second-order valence-electron chi connectivity index (χ2n) is 5.87. The lowest BCUT2D eigenvalue weighted by atomic mass is 10.1. The quantitative estimate of drug-likeness (QED) is 0.449. The highest BCUT2D eigenvalue weighted by Gasteiger charge is 2.41. The van der Waals surface area contributed by atoms with Crippen LogP contribution in [0.3, 0.4) is 0 Å². The number of thioether (sulfide) groups is 1. The number of hydrogen-bond acceptors (Lipinski definition) is 4. The highest BCUT2D eigenvalue weighted by molar-refractivity contribution is 8.00. The Morgan fingerprint density at radius 2 is 1.86 bits per heavy atom. The minimum absolute atomic E-state index is 0.123. The number of carbonyl (C=O) groups excluding carboxylic acids is 2. The van der Waals surface area contributed by atoms with Crippen molar-refractivity contribution in [3.05, 3.63) is 0 Å². The lowest BCUT2D eigenvalue weighted by molar-refractivity contribution is -0.154. The first kappa shape index (κ1) is 19.3. The van der Waals surface area contributed by atoms with E-state index in [4.69, 9.17) is 4.74 Å². The first-order chi connectivity index (χ1) is 10.7. The van der Waals surface area contributed by atoms with Gasteiger partial charge in [-0.1, -0.05) is 46.5 Å². The molecule has 5 heteroatoms. The van der Waals surface area contributed by atoms with E-state index in [2.05, 4.69) is 13.8 Å². The molecule has 0 aromatic heterocycles. The molecule has 0 aromatic carbocycles. The molecule has 0 saturated carbocycles. The van der Waals surface area contributed by atoms with Crippen LogP contribution in [-0.4, -0.2) is 40.6 Å². The lowest BCUT2D eigenvalue weighted by Gasteiger charge is -2.28. The van der Waals surface area contributed by atoms with Crippen LogP contribution in [0.2, 0.25) is 0 Å². The Morgan fingerprint density at radius 1 is 1.09 bits per heavy atom. The molecule has 0 N–H and O–H groups in total. The number of carbonyl (C=O) groups is 2. The van der Waals surface area contributed by atoms with Crippen molar-refractivity contribution >= 4 is 23.6 Å². The van der Waals surface area contributed by atoms with E-state index in [0.29, 0.717) is 18.8 Å². The normalized spacial score (nSPS) is 21.1. The molecule has 2 atom stereocenters. The second-order valence-corrected chi connectivity index (χ2v) is 7.08. The third-order valence-electron chi connectivity index (χ3n) is 3.88. The number of nitrogens with zero attached hydrogens (tertiary/aromatic N) is 1. The van der Waals surface area contributed by atoms with Crippen LogP contribution in [0.4, 0.5) is 0 Å². The molecule has 0 spiro atoms. The van der Waals surface area contributed by atoms with Gasteiger partial charge in [-0.2, -0.15) is 0 Å². The molecule has 1 rings (SSSR count). The van der Waals surface area contributed by atoms with Crippen molar-refractivity contribution in [1.29, 1.82) is 0 Å². The van der Waals surface area contributed by atoms with Gasteiger partial charge in [0.1, 0.15) is 6.04 Å². The van der Waals surface area contributed by atoms with Gasteiger partial charge in [-0.3, -0.25) is 4.79 Å². The largest absolute Gasteiger partial charge is 0.464 e. The predicted molar refractivity (Wildman–Crippen MR) is 91.8 cm³/mol. The summed E-state index contributed by atoms with van der Waals surface area (Å²) in [5.74, 6) is 0.571. The van der Waals surface area contributed by atoms with Gasteiger partial charge >= 0.3 is 5.97 Å². The maximum atomic E-state index is 12.6. The average molecular weight is 330 g/mol. The molecule has 1 heterocycles. The number of esters is 1. The van der Waals surface area contributed by atoms with Crippen molar-refractivity contribution in [2.24, 2.45) is 0 Å². The summed E-state index contributed by atoms with van der Waals surface area (Å²) in [4.78, 5) is 26.6. The van der Waals surface area contributed by atoms with Crippen LogP contribution in [-0.2, 0) is 14.3 Å². The highest BCUT2D eigenvalue weighted by Crippen LogP contribution is 2.33. The Kier molecular flexibility index (Phi) is 9.60. The second kappa shape index (κ2) is 10.9. The van der Waals surface area contributed by atoms with Crippen molar-refractivity contribution in [2.75, 3.05) is 12.4 Å². The number of rotatable bonds is 10. The van der Waals surface area contributed by atoms with Gasteiger partial charge in [-0.05, 0) is 19.3 Å². The Bertz CT molecular complexity index is 349. The molecule has 1 aliphatic rings. The molecular weight excluding hydrogens is 298 g/mol. The molecule has 1 fully saturated rings. The van der Waals surface area contributed by atoms with Gasteiger partial charge in [-0.15, -0.1) is 11.8 Å². The Balaban J connectivity index is 2.62. The summed E-state index contributed by atoms with van der Waals surface area (Å²) in [5, 5.41) is 0.142. The monoisotopic (exact) mass is 329 g/mol.